The maximum absolute atomic E-state index is 13.3. The van der Waals surface area contributed by atoms with Crippen molar-refractivity contribution in [2.24, 2.45) is 5.73 Å². The third kappa shape index (κ3) is 3.08. The van der Waals surface area contributed by atoms with Gasteiger partial charge in [-0.1, -0.05) is 18.2 Å². The lowest BCUT2D eigenvalue weighted by atomic mass is 9.96. The lowest BCUT2D eigenvalue weighted by Crippen LogP contribution is -2.56. The highest BCUT2D eigenvalue weighted by Gasteiger charge is 2.47. The largest absolute Gasteiger partial charge is 0.408 e. The Bertz CT molecular complexity index is 775. The van der Waals surface area contributed by atoms with Crippen molar-refractivity contribution in [3.05, 3.63) is 41.6 Å². The fraction of sp³-hybridized carbons (Fsp3) is 0.412. The minimum absolute atomic E-state index is 0.106. The highest BCUT2D eigenvalue weighted by molar-refractivity contribution is 6.05. The zero-order valence-electron chi connectivity index (χ0n) is 13.2. The third-order valence-corrected chi connectivity index (χ3v) is 4.35. The standard InChI is InChI=1S/C17H18F3N3O/c1-10-5-6-11-3-2-4-13(15(11)22-10)16(24)23-9-12(21)7-8-14(23)17(18,19)20/h2-6,12,14H,7-9,21H2,1H3/t12-,14-/m0/s1. The predicted octanol–water partition coefficient (Wildman–Crippen LogP) is 3.04. The molecule has 1 aromatic heterocycles. The zero-order chi connectivity index (χ0) is 17.5. The van der Waals surface area contributed by atoms with Crippen molar-refractivity contribution in [1.29, 1.82) is 0 Å². The van der Waals surface area contributed by atoms with Gasteiger partial charge in [0.25, 0.3) is 5.91 Å². The van der Waals surface area contributed by atoms with Crippen LogP contribution < -0.4 is 5.73 Å². The number of carbonyl (C=O) groups is 1. The van der Waals surface area contributed by atoms with Crippen molar-refractivity contribution in [1.82, 2.24) is 9.88 Å². The van der Waals surface area contributed by atoms with Gasteiger partial charge in [0.1, 0.15) is 6.04 Å². The molecule has 128 valence electrons. The van der Waals surface area contributed by atoms with E-state index in [0.717, 1.165) is 10.3 Å². The average Bonchev–Trinajstić information content (AvgIpc) is 2.52. The van der Waals surface area contributed by atoms with E-state index in [4.69, 9.17) is 5.73 Å². The molecule has 1 aromatic carbocycles. The average molecular weight is 337 g/mol. The number of rotatable bonds is 1. The summed E-state index contributed by atoms with van der Waals surface area (Å²) >= 11 is 0. The second-order valence-electron chi connectivity index (χ2n) is 6.18. The van der Waals surface area contributed by atoms with E-state index in [2.05, 4.69) is 4.98 Å². The summed E-state index contributed by atoms with van der Waals surface area (Å²) < 4.78 is 40.0. The number of hydrogen-bond donors (Lipinski definition) is 1. The molecule has 1 amide bonds. The number of benzene rings is 1. The van der Waals surface area contributed by atoms with Crippen LogP contribution in [0.1, 0.15) is 28.9 Å². The summed E-state index contributed by atoms with van der Waals surface area (Å²) in [5.41, 5.74) is 7.11. The summed E-state index contributed by atoms with van der Waals surface area (Å²) in [5, 5.41) is 0.719. The Morgan fingerprint density at radius 3 is 2.71 bits per heavy atom. The SMILES string of the molecule is Cc1ccc2cccc(C(=O)N3C[C@@H](N)CC[C@H]3C(F)(F)F)c2n1. The number of carbonyl (C=O) groups excluding carboxylic acids is 1. The van der Waals surface area contributed by atoms with Crippen LogP contribution in [0.3, 0.4) is 0 Å². The molecule has 2 atom stereocenters. The molecular formula is C17H18F3N3O. The first kappa shape index (κ1) is 16.7. The summed E-state index contributed by atoms with van der Waals surface area (Å²) in [7, 11) is 0. The lowest BCUT2D eigenvalue weighted by molar-refractivity contribution is -0.184. The van der Waals surface area contributed by atoms with Crippen molar-refractivity contribution >= 4 is 16.8 Å². The van der Waals surface area contributed by atoms with Crippen molar-refractivity contribution in [3.63, 3.8) is 0 Å². The van der Waals surface area contributed by atoms with Crippen LogP contribution in [0.2, 0.25) is 0 Å². The smallest absolute Gasteiger partial charge is 0.326 e. The molecule has 2 heterocycles. The summed E-state index contributed by atoms with van der Waals surface area (Å²) in [4.78, 5) is 18.0. The number of aryl methyl sites for hydroxylation is 1. The molecule has 1 fully saturated rings. The molecule has 0 spiro atoms. The molecule has 0 aliphatic carbocycles. The first-order chi connectivity index (χ1) is 11.3. The van der Waals surface area contributed by atoms with Crippen LogP contribution in [0.4, 0.5) is 13.2 Å². The van der Waals surface area contributed by atoms with E-state index in [9.17, 15) is 18.0 Å². The Morgan fingerprint density at radius 2 is 2.00 bits per heavy atom. The number of halogens is 3. The monoisotopic (exact) mass is 337 g/mol. The van der Waals surface area contributed by atoms with E-state index in [1.165, 1.54) is 6.07 Å². The van der Waals surface area contributed by atoms with E-state index >= 15 is 0 Å². The highest BCUT2D eigenvalue weighted by atomic mass is 19.4. The molecular weight excluding hydrogens is 319 g/mol. The van der Waals surface area contributed by atoms with E-state index in [0.29, 0.717) is 11.2 Å². The Kier molecular flexibility index (Phi) is 4.21. The van der Waals surface area contributed by atoms with Gasteiger partial charge < -0.3 is 10.6 Å². The summed E-state index contributed by atoms with van der Waals surface area (Å²) in [6.45, 7) is 1.67. The molecule has 0 radical (unpaired) electrons. The first-order valence-corrected chi connectivity index (χ1v) is 7.77. The lowest BCUT2D eigenvalue weighted by Gasteiger charge is -2.39. The molecule has 2 aromatic rings. The Hall–Kier alpha value is -2.15. The summed E-state index contributed by atoms with van der Waals surface area (Å²) in [5.74, 6) is -0.670. The highest BCUT2D eigenvalue weighted by Crippen LogP contribution is 2.33. The number of likely N-dealkylation sites (tertiary alicyclic amines) is 1. The summed E-state index contributed by atoms with van der Waals surface area (Å²) in [6, 6.07) is 6.30. The molecule has 24 heavy (non-hydrogen) atoms. The fourth-order valence-electron chi connectivity index (χ4n) is 3.14. The van der Waals surface area contributed by atoms with Gasteiger partial charge in [-0.15, -0.1) is 0 Å². The fourth-order valence-corrected chi connectivity index (χ4v) is 3.14. The van der Waals surface area contributed by atoms with Crippen molar-refractivity contribution in [3.8, 4) is 0 Å². The molecule has 1 aliphatic heterocycles. The first-order valence-electron chi connectivity index (χ1n) is 7.77. The number of amides is 1. The number of para-hydroxylation sites is 1. The van der Waals surface area contributed by atoms with E-state index in [1.54, 1.807) is 31.2 Å². The molecule has 7 heteroatoms. The quantitative estimate of drug-likeness (QED) is 0.870. The van der Waals surface area contributed by atoms with Gasteiger partial charge in [0, 0.05) is 23.7 Å². The second kappa shape index (κ2) is 6.05. The van der Waals surface area contributed by atoms with Crippen LogP contribution >= 0.6 is 0 Å². The number of fused-ring (bicyclic) bond motifs is 1. The number of aromatic nitrogens is 1. The van der Waals surface area contributed by atoms with Gasteiger partial charge in [0.05, 0.1) is 11.1 Å². The van der Waals surface area contributed by atoms with Gasteiger partial charge in [-0.3, -0.25) is 9.78 Å². The van der Waals surface area contributed by atoms with Gasteiger partial charge in [-0.25, -0.2) is 0 Å². The molecule has 2 N–H and O–H groups in total. The Morgan fingerprint density at radius 1 is 1.25 bits per heavy atom. The number of hydrogen-bond acceptors (Lipinski definition) is 3. The van der Waals surface area contributed by atoms with Crippen LogP contribution in [0.25, 0.3) is 10.9 Å². The number of piperidine rings is 1. The number of nitrogens with zero attached hydrogens (tertiary/aromatic N) is 2. The van der Waals surface area contributed by atoms with Gasteiger partial charge in [0.15, 0.2) is 0 Å². The second-order valence-corrected chi connectivity index (χ2v) is 6.18. The predicted molar refractivity (Wildman–Crippen MR) is 84.6 cm³/mol. The number of alkyl halides is 3. The Labute approximate surface area is 137 Å². The van der Waals surface area contributed by atoms with Gasteiger partial charge in [-0.05, 0) is 31.9 Å². The Balaban J connectivity index is 2.05. The van der Waals surface area contributed by atoms with Crippen LogP contribution in [0.5, 0.6) is 0 Å². The molecule has 0 unspecified atom stereocenters. The van der Waals surface area contributed by atoms with Crippen LogP contribution in [0.15, 0.2) is 30.3 Å². The minimum Gasteiger partial charge on any atom is -0.326 e. The normalized spacial score (nSPS) is 22.0. The van der Waals surface area contributed by atoms with Crippen molar-refractivity contribution in [2.75, 3.05) is 6.54 Å². The van der Waals surface area contributed by atoms with E-state index in [-0.39, 0.29) is 24.9 Å². The molecule has 4 nitrogen and oxygen atoms in total. The van der Waals surface area contributed by atoms with E-state index in [1.807, 2.05) is 0 Å². The minimum atomic E-state index is -4.47. The number of nitrogens with two attached hydrogens (primary N) is 1. The summed E-state index contributed by atoms with van der Waals surface area (Å²) in [6.07, 6.45) is -4.39. The molecule has 3 rings (SSSR count). The maximum atomic E-state index is 13.3. The van der Waals surface area contributed by atoms with Crippen molar-refractivity contribution < 1.29 is 18.0 Å². The van der Waals surface area contributed by atoms with Crippen LogP contribution in [-0.4, -0.2) is 40.6 Å². The van der Waals surface area contributed by atoms with Gasteiger partial charge in [0.2, 0.25) is 0 Å². The molecule has 0 bridgehead atoms. The maximum Gasteiger partial charge on any atom is 0.408 e. The van der Waals surface area contributed by atoms with Crippen molar-refractivity contribution in [2.45, 2.75) is 38.0 Å². The topological polar surface area (TPSA) is 59.2 Å². The van der Waals surface area contributed by atoms with E-state index < -0.39 is 24.2 Å². The molecule has 0 saturated carbocycles. The van der Waals surface area contributed by atoms with Gasteiger partial charge in [-0.2, -0.15) is 13.2 Å². The number of pyridine rings is 1. The van der Waals surface area contributed by atoms with Gasteiger partial charge >= 0.3 is 6.18 Å². The third-order valence-electron chi connectivity index (χ3n) is 4.35. The van der Waals surface area contributed by atoms with Crippen LogP contribution in [-0.2, 0) is 0 Å². The molecule has 1 aliphatic rings. The molecule has 1 saturated heterocycles. The zero-order valence-corrected chi connectivity index (χ0v) is 13.2. The van der Waals surface area contributed by atoms with Crippen LogP contribution in [0, 0.1) is 6.92 Å².